The first kappa shape index (κ1) is 20.9. The van der Waals surface area contributed by atoms with Crippen LogP contribution in [-0.2, 0) is 17.8 Å². The second-order valence-corrected chi connectivity index (χ2v) is 7.43. The number of alkyl halides is 2. The van der Waals surface area contributed by atoms with Crippen LogP contribution in [0.2, 0.25) is 0 Å². The highest BCUT2D eigenvalue weighted by atomic mass is 32.2. The molecule has 1 N–H and O–H groups in total. The van der Waals surface area contributed by atoms with Gasteiger partial charge in [0.2, 0.25) is 5.91 Å². The monoisotopic (exact) mass is 418 g/mol. The van der Waals surface area contributed by atoms with E-state index in [-0.39, 0.29) is 12.3 Å². The molecular weight excluding hydrogens is 398 g/mol. The van der Waals surface area contributed by atoms with Crippen LogP contribution in [0.15, 0.2) is 57.9 Å². The van der Waals surface area contributed by atoms with Gasteiger partial charge >= 0.3 is 0 Å². The lowest BCUT2D eigenvalue weighted by atomic mass is 10.1. The number of benzene rings is 2. The highest BCUT2D eigenvalue weighted by Crippen LogP contribution is 2.26. The zero-order valence-electron chi connectivity index (χ0n) is 15.9. The maximum atomic E-state index is 12.3. The second-order valence-electron chi connectivity index (χ2n) is 6.36. The molecule has 0 radical (unpaired) electrons. The fraction of sp³-hybridized carbons (Fsp3) is 0.238. The number of hydrogen-bond donors (Lipinski definition) is 1. The lowest BCUT2D eigenvalue weighted by Crippen LogP contribution is -2.14. The van der Waals surface area contributed by atoms with Crippen LogP contribution in [0.1, 0.15) is 22.6 Å². The Hall–Kier alpha value is -2.87. The predicted octanol–water partition coefficient (Wildman–Crippen LogP) is 5.37. The van der Waals surface area contributed by atoms with Gasteiger partial charge in [-0.15, -0.1) is 0 Å². The molecule has 0 atom stereocenters. The topological polar surface area (TPSA) is 64.4 Å². The van der Waals surface area contributed by atoms with Crippen molar-refractivity contribution in [3.8, 4) is 5.75 Å². The summed E-state index contributed by atoms with van der Waals surface area (Å²) >= 11 is 0.468. The Kier molecular flexibility index (Phi) is 6.87. The zero-order chi connectivity index (χ0) is 20.8. The molecular formula is C21H20F2N2O3S. The Labute approximate surface area is 171 Å². The second kappa shape index (κ2) is 9.56. The number of halogens is 2. The Morgan fingerprint density at radius 1 is 1.14 bits per heavy atom. The predicted molar refractivity (Wildman–Crippen MR) is 107 cm³/mol. The lowest BCUT2D eigenvalue weighted by Gasteiger charge is -2.08. The molecule has 0 saturated heterocycles. The van der Waals surface area contributed by atoms with Crippen LogP contribution in [0, 0.1) is 13.8 Å². The molecule has 8 heteroatoms. The Morgan fingerprint density at radius 3 is 2.41 bits per heavy atom. The van der Waals surface area contributed by atoms with Crippen molar-refractivity contribution in [1.29, 1.82) is 0 Å². The van der Waals surface area contributed by atoms with E-state index in [9.17, 15) is 13.6 Å². The van der Waals surface area contributed by atoms with Gasteiger partial charge in [0.25, 0.3) is 5.76 Å². The molecule has 0 saturated carbocycles. The summed E-state index contributed by atoms with van der Waals surface area (Å²) < 4.78 is 35.5. The first-order valence-corrected chi connectivity index (χ1v) is 9.77. The minimum atomic E-state index is -2.47. The fourth-order valence-corrected chi connectivity index (χ4v) is 3.18. The molecule has 1 aromatic heterocycles. The molecule has 0 aliphatic heterocycles. The Morgan fingerprint density at radius 2 is 1.83 bits per heavy atom. The molecule has 29 heavy (non-hydrogen) atoms. The molecule has 0 aliphatic carbocycles. The maximum absolute atomic E-state index is 12.3. The third-order valence-corrected chi connectivity index (χ3v) is 4.94. The summed E-state index contributed by atoms with van der Waals surface area (Å²) in [5.74, 6) is -1.24. The number of amides is 1. The molecule has 152 valence electrons. The third kappa shape index (κ3) is 6.05. The molecule has 5 nitrogen and oxygen atoms in total. The molecule has 0 fully saturated rings. The van der Waals surface area contributed by atoms with Gasteiger partial charge in [0.15, 0.2) is 0 Å². The highest BCUT2D eigenvalue weighted by Gasteiger charge is 2.10. The molecule has 1 heterocycles. The number of rotatable bonds is 8. The molecule has 0 bridgehead atoms. The Bertz CT molecular complexity index is 938. The number of nitrogens with one attached hydrogen (secondary N) is 1. The summed E-state index contributed by atoms with van der Waals surface area (Å²) in [5.41, 5.74) is 3.12. The average molecular weight is 418 g/mol. The molecule has 3 rings (SSSR count). The highest BCUT2D eigenvalue weighted by molar-refractivity contribution is 7.99. The summed E-state index contributed by atoms with van der Waals surface area (Å²) in [6.45, 7) is 4.06. The third-order valence-electron chi connectivity index (χ3n) is 4.22. The number of carbonyl (C=O) groups is 1. The van der Waals surface area contributed by atoms with Crippen molar-refractivity contribution in [2.75, 3.05) is 5.32 Å². The van der Waals surface area contributed by atoms with Gasteiger partial charge in [-0.1, -0.05) is 29.1 Å². The van der Waals surface area contributed by atoms with E-state index in [1.54, 1.807) is 36.4 Å². The quantitative estimate of drug-likeness (QED) is 0.499. The van der Waals surface area contributed by atoms with Crippen molar-refractivity contribution in [3.63, 3.8) is 0 Å². The van der Waals surface area contributed by atoms with E-state index in [2.05, 4.69) is 10.5 Å². The van der Waals surface area contributed by atoms with E-state index in [0.717, 1.165) is 22.6 Å². The first-order valence-electron chi connectivity index (χ1n) is 8.89. The lowest BCUT2D eigenvalue weighted by molar-refractivity contribution is -0.115. The van der Waals surface area contributed by atoms with Crippen LogP contribution < -0.4 is 10.1 Å². The minimum Gasteiger partial charge on any atom is -0.489 e. The number of aromatic nitrogens is 1. The van der Waals surface area contributed by atoms with E-state index in [1.165, 1.54) is 0 Å². The maximum Gasteiger partial charge on any atom is 0.288 e. The van der Waals surface area contributed by atoms with Crippen LogP contribution in [0.3, 0.4) is 0 Å². The fourth-order valence-electron chi connectivity index (χ4n) is 2.68. The van der Waals surface area contributed by atoms with Gasteiger partial charge in [-0.2, -0.15) is 8.78 Å². The zero-order valence-corrected chi connectivity index (χ0v) is 16.8. The van der Waals surface area contributed by atoms with Crippen LogP contribution in [0.5, 0.6) is 5.75 Å². The van der Waals surface area contributed by atoms with Gasteiger partial charge in [0.1, 0.15) is 18.1 Å². The minimum absolute atomic E-state index is 0.191. The number of anilines is 1. The summed E-state index contributed by atoms with van der Waals surface area (Å²) in [7, 11) is 0. The van der Waals surface area contributed by atoms with Crippen molar-refractivity contribution < 1.29 is 22.8 Å². The smallest absolute Gasteiger partial charge is 0.288 e. The normalized spacial score (nSPS) is 10.9. The summed E-state index contributed by atoms with van der Waals surface area (Å²) in [5, 5.41) is 6.65. The van der Waals surface area contributed by atoms with Crippen molar-refractivity contribution >= 4 is 23.4 Å². The van der Waals surface area contributed by atoms with Gasteiger partial charge < -0.3 is 14.6 Å². The van der Waals surface area contributed by atoms with E-state index < -0.39 is 5.76 Å². The van der Waals surface area contributed by atoms with Crippen LogP contribution in [-0.4, -0.2) is 16.8 Å². The van der Waals surface area contributed by atoms with Crippen LogP contribution in [0.4, 0.5) is 14.5 Å². The first-order chi connectivity index (χ1) is 13.9. The van der Waals surface area contributed by atoms with E-state index >= 15 is 0 Å². The van der Waals surface area contributed by atoms with Crippen molar-refractivity contribution in [3.05, 3.63) is 71.1 Å². The van der Waals surface area contributed by atoms with Crippen molar-refractivity contribution in [2.45, 2.75) is 37.5 Å². The number of thioether (sulfide) groups is 1. The average Bonchev–Trinajstić information content (AvgIpc) is 3.00. The number of carbonyl (C=O) groups excluding carboxylic acids is 1. The van der Waals surface area contributed by atoms with Crippen LogP contribution in [0.25, 0.3) is 0 Å². The number of aryl methyl sites for hydroxylation is 2. The summed E-state index contributed by atoms with van der Waals surface area (Å²) in [4.78, 5) is 12.6. The molecule has 0 unspecified atom stereocenters. The summed E-state index contributed by atoms with van der Waals surface area (Å²) in [6.07, 6.45) is 0.192. The molecule has 0 spiro atoms. The van der Waals surface area contributed by atoms with Gasteiger partial charge in [-0.25, -0.2) is 0 Å². The number of hydrogen-bond acceptors (Lipinski definition) is 5. The molecule has 0 aliphatic rings. The molecule has 3 aromatic rings. The van der Waals surface area contributed by atoms with E-state index in [4.69, 9.17) is 9.26 Å². The van der Waals surface area contributed by atoms with Gasteiger partial charge in [0, 0.05) is 10.6 Å². The standard InChI is InChI=1S/C21H20F2N2O3S/c1-13-19(14(2)28-25-13)12-27-17-7-3-15(4-8-17)11-20(26)24-16-5-9-18(10-6-16)29-21(22)23/h3-10,21H,11-12H2,1-2H3,(H,24,26). The van der Waals surface area contributed by atoms with E-state index in [1.807, 2.05) is 26.0 Å². The van der Waals surface area contributed by atoms with Crippen LogP contribution >= 0.6 is 11.8 Å². The number of nitrogens with zero attached hydrogens (tertiary/aromatic N) is 1. The molecule has 2 aromatic carbocycles. The molecule has 1 amide bonds. The van der Waals surface area contributed by atoms with Gasteiger partial charge in [0.05, 0.1) is 17.7 Å². The Balaban J connectivity index is 1.50. The van der Waals surface area contributed by atoms with Gasteiger partial charge in [-0.3, -0.25) is 4.79 Å². The largest absolute Gasteiger partial charge is 0.489 e. The van der Waals surface area contributed by atoms with Crippen molar-refractivity contribution in [1.82, 2.24) is 5.16 Å². The van der Waals surface area contributed by atoms with Gasteiger partial charge in [-0.05, 0) is 55.8 Å². The van der Waals surface area contributed by atoms with E-state index in [0.29, 0.717) is 34.7 Å². The van der Waals surface area contributed by atoms with Crippen molar-refractivity contribution in [2.24, 2.45) is 0 Å². The summed E-state index contributed by atoms with van der Waals surface area (Å²) in [6, 6.07) is 13.6. The number of ether oxygens (including phenoxy) is 1. The SMILES string of the molecule is Cc1noc(C)c1COc1ccc(CC(=O)Nc2ccc(SC(F)F)cc2)cc1.